The third-order valence-corrected chi connectivity index (χ3v) is 2.10. The van der Waals surface area contributed by atoms with Crippen LogP contribution in [0.3, 0.4) is 0 Å². The molecular weight excluding hydrogens is 172 g/mol. The zero-order valence-electron chi connectivity index (χ0n) is 7.36. The van der Waals surface area contributed by atoms with Gasteiger partial charge in [0.15, 0.2) is 11.4 Å². The first-order valence-corrected chi connectivity index (χ1v) is 4.13. The predicted molar refractivity (Wildman–Crippen MR) is 56.5 cm³/mol. The molecule has 0 N–H and O–H groups in total. The summed E-state index contributed by atoms with van der Waals surface area (Å²) >= 11 is 0. The summed E-state index contributed by atoms with van der Waals surface area (Å²) in [6.45, 7) is 14.0. The minimum Gasteiger partial charge on any atom is -0.239 e. The van der Waals surface area contributed by atoms with E-state index in [1.807, 2.05) is 24.3 Å². The summed E-state index contributed by atoms with van der Waals surface area (Å²) in [5, 5.41) is 1.71. The molecule has 0 atom stereocenters. The van der Waals surface area contributed by atoms with Gasteiger partial charge in [0.05, 0.1) is 13.1 Å². The lowest BCUT2D eigenvalue weighted by Gasteiger charge is -2.01. The third kappa shape index (κ3) is 1.11. The molecule has 0 heterocycles. The Balaban J connectivity index is 2.99. The second-order valence-corrected chi connectivity index (χ2v) is 2.88. The van der Waals surface area contributed by atoms with Crippen LogP contribution in [-0.2, 0) is 0 Å². The van der Waals surface area contributed by atoms with Crippen LogP contribution in [0.2, 0.25) is 0 Å². The normalized spacial score (nSPS) is 9.29. The highest BCUT2D eigenvalue weighted by molar-refractivity contribution is 6.03. The Hall–Kier alpha value is -2.32. The van der Waals surface area contributed by atoms with Gasteiger partial charge in [0.1, 0.15) is 0 Å². The van der Waals surface area contributed by atoms with Crippen molar-refractivity contribution in [2.45, 2.75) is 0 Å². The van der Waals surface area contributed by atoms with E-state index in [0.717, 1.165) is 10.8 Å². The fourth-order valence-electron chi connectivity index (χ4n) is 1.49. The molecule has 14 heavy (non-hydrogen) atoms. The van der Waals surface area contributed by atoms with Crippen LogP contribution in [0.1, 0.15) is 0 Å². The summed E-state index contributed by atoms with van der Waals surface area (Å²) in [7, 11) is 0. The van der Waals surface area contributed by atoms with Crippen LogP contribution in [-0.4, -0.2) is 0 Å². The van der Waals surface area contributed by atoms with E-state index in [0.29, 0.717) is 11.4 Å². The largest absolute Gasteiger partial charge is 0.239 e. The first-order valence-electron chi connectivity index (χ1n) is 4.13. The van der Waals surface area contributed by atoms with Crippen LogP contribution < -0.4 is 0 Å². The van der Waals surface area contributed by atoms with E-state index in [2.05, 4.69) is 9.69 Å². The van der Waals surface area contributed by atoms with E-state index in [1.165, 1.54) is 0 Å². The van der Waals surface area contributed by atoms with Crippen LogP contribution in [0.5, 0.6) is 0 Å². The molecule has 64 valence electrons. The first-order chi connectivity index (χ1) is 6.86. The fourth-order valence-corrected chi connectivity index (χ4v) is 1.49. The second-order valence-electron chi connectivity index (χ2n) is 2.88. The van der Waals surface area contributed by atoms with E-state index in [9.17, 15) is 0 Å². The number of fused-ring (bicyclic) bond motifs is 1. The summed E-state index contributed by atoms with van der Waals surface area (Å²) in [5.41, 5.74) is 1.10. The predicted octanol–water partition coefficient (Wildman–Crippen LogP) is 3.94. The molecule has 0 saturated carbocycles. The van der Waals surface area contributed by atoms with Crippen molar-refractivity contribution >= 4 is 22.1 Å². The molecule has 0 saturated heterocycles. The van der Waals surface area contributed by atoms with Crippen LogP contribution >= 0.6 is 0 Å². The number of rotatable bonds is 0. The molecule has 2 aromatic carbocycles. The maximum atomic E-state index is 7.02. The van der Waals surface area contributed by atoms with E-state index in [1.54, 1.807) is 12.1 Å². The van der Waals surface area contributed by atoms with Crippen molar-refractivity contribution in [1.82, 2.24) is 0 Å². The Morgan fingerprint density at radius 1 is 0.786 bits per heavy atom. The zero-order chi connectivity index (χ0) is 9.97. The van der Waals surface area contributed by atoms with Gasteiger partial charge >= 0.3 is 0 Å². The van der Waals surface area contributed by atoms with Gasteiger partial charge in [-0.25, -0.2) is 9.69 Å². The molecule has 0 spiro atoms. The van der Waals surface area contributed by atoms with Gasteiger partial charge in [-0.05, 0) is 10.8 Å². The Kier molecular flexibility index (Phi) is 1.89. The van der Waals surface area contributed by atoms with Gasteiger partial charge < -0.3 is 0 Å². The Morgan fingerprint density at radius 2 is 1.29 bits per heavy atom. The maximum Gasteiger partial charge on any atom is 0.184 e. The van der Waals surface area contributed by atoms with Crippen molar-refractivity contribution in [2.24, 2.45) is 0 Å². The van der Waals surface area contributed by atoms with Crippen molar-refractivity contribution in [3.8, 4) is 0 Å². The molecule has 0 radical (unpaired) electrons. The molecule has 2 aromatic rings. The van der Waals surface area contributed by atoms with Crippen molar-refractivity contribution in [3.05, 3.63) is 59.2 Å². The summed E-state index contributed by atoms with van der Waals surface area (Å²) < 4.78 is 0. The number of benzene rings is 2. The highest BCUT2D eigenvalue weighted by atomic mass is 14.7. The zero-order valence-corrected chi connectivity index (χ0v) is 7.36. The first kappa shape index (κ1) is 8.29. The fraction of sp³-hybridized carbons (Fsp3) is 0. The van der Waals surface area contributed by atoms with E-state index in [-0.39, 0.29) is 0 Å². The van der Waals surface area contributed by atoms with Gasteiger partial charge in [0.25, 0.3) is 0 Å². The topological polar surface area (TPSA) is 8.72 Å². The molecule has 2 nitrogen and oxygen atoms in total. The SMILES string of the molecule is [C-]#[N+]c1cccc2cccc([N+]#[C-])c12. The van der Waals surface area contributed by atoms with Gasteiger partial charge in [0, 0.05) is 0 Å². The van der Waals surface area contributed by atoms with Gasteiger partial charge in [-0.2, -0.15) is 0 Å². The lowest BCUT2D eigenvalue weighted by atomic mass is 10.1. The lowest BCUT2D eigenvalue weighted by molar-refractivity contribution is 1.75. The van der Waals surface area contributed by atoms with Gasteiger partial charge in [-0.15, -0.1) is 0 Å². The van der Waals surface area contributed by atoms with E-state index in [4.69, 9.17) is 13.1 Å². The Labute approximate surface area is 82.0 Å². The molecule has 2 heteroatoms. The number of hydrogen-bond acceptors (Lipinski definition) is 0. The average molecular weight is 178 g/mol. The van der Waals surface area contributed by atoms with Crippen LogP contribution in [0.25, 0.3) is 20.5 Å². The van der Waals surface area contributed by atoms with Gasteiger partial charge in [-0.3, -0.25) is 0 Å². The van der Waals surface area contributed by atoms with Crippen LogP contribution in [0, 0.1) is 13.1 Å². The molecule has 0 amide bonds. The molecule has 0 aliphatic rings. The van der Waals surface area contributed by atoms with Gasteiger partial charge in [-0.1, -0.05) is 36.4 Å². The van der Waals surface area contributed by atoms with Crippen molar-refractivity contribution in [2.75, 3.05) is 0 Å². The lowest BCUT2D eigenvalue weighted by Crippen LogP contribution is -1.72. The highest BCUT2D eigenvalue weighted by Gasteiger charge is 2.04. The van der Waals surface area contributed by atoms with Gasteiger partial charge in [0.2, 0.25) is 0 Å². The van der Waals surface area contributed by atoms with Crippen molar-refractivity contribution < 1.29 is 0 Å². The summed E-state index contributed by atoms with van der Waals surface area (Å²) in [6.07, 6.45) is 0. The van der Waals surface area contributed by atoms with Crippen LogP contribution in [0.15, 0.2) is 36.4 Å². The quantitative estimate of drug-likeness (QED) is 0.540. The maximum absolute atomic E-state index is 7.02. The molecule has 2 rings (SSSR count). The monoisotopic (exact) mass is 178 g/mol. The van der Waals surface area contributed by atoms with E-state index < -0.39 is 0 Å². The highest BCUT2D eigenvalue weighted by Crippen LogP contribution is 2.34. The minimum atomic E-state index is 0.550. The molecule has 0 aromatic heterocycles. The standard InChI is InChI=1S/C12H6N2/c1-13-10-7-3-5-9-6-4-8-11(14-2)12(9)10/h3-8H. The number of hydrogen-bond donors (Lipinski definition) is 0. The summed E-state index contributed by atoms with van der Waals surface area (Å²) in [6, 6.07) is 11.0. The Morgan fingerprint density at radius 3 is 1.71 bits per heavy atom. The molecule has 0 bridgehead atoms. The van der Waals surface area contributed by atoms with E-state index >= 15 is 0 Å². The van der Waals surface area contributed by atoms with Crippen molar-refractivity contribution in [3.63, 3.8) is 0 Å². The number of nitrogens with zero attached hydrogens (tertiary/aromatic N) is 2. The average Bonchev–Trinajstić information content (AvgIpc) is 2.27. The minimum absolute atomic E-state index is 0.550. The molecule has 0 aliphatic carbocycles. The summed E-state index contributed by atoms with van der Waals surface area (Å²) in [5.74, 6) is 0. The summed E-state index contributed by atoms with van der Waals surface area (Å²) in [4.78, 5) is 6.83. The Bertz CT molecular complexity index is 522. The smallest absolute Gasteiger partial charge is 0.184 e. The van der Waals surface area contributed by atoms with Crippen molar-refractivity contribution in [1.29, 1.82) is 0 Å². The molecule has 0 unspecified atom stereocenters. The molecule has 0 aliphatic heterocycles. The second kappa shape index (κ2) is 3.20. The molecular formula is C12H6N2. The van der Waals surface area contributed by atoms with Crippen LogP contribution in [0.4, 0.5) is 11.4 Å². The third-order valence-electron chi connectivity index (χ3n) is 2.10. The molecule has 0 fully saturated rings.